The number of hydrogen-bond acceptors (Lipinski definition) is 3. The number of hydrogen-bond donors (Lipinski definition) is 3. The van der Waals surface area contributed by atoms with Gasteiger partial charge in [-0.2, -0.15) is 0 Å². The molecule has 0 radical (unpaired) electrons. The van der Waals surface area contributed by atoms with Crippen molar-refractivity contribution < 1.29 is 9.90 Å². The third-order valence-corrected chi connectivity index (χ3v) is 5.23. The Morgan fingerprint density at radius 3 is 2.27 bits per heavy atom. The summed E-state index contributed by atoms with van der Waals surface area (Å²) in [6, 6.07) is 5.05. The van der Waals surface area contributed by atoms with Crippen molar-refractivity contribution in [2.45, 2.75) is 58.4 Å². The molecule has 4 nitrogen and oxygen atoms in total. The van der Waals surface area contributed by atoms with E-state index in [4.69, 9.17) is 23.2 Å². The summed E-state index contributed by atoms with van der Waals surface area (Å²) in [6.45, 7) is 6.34. The van der Waals surface area contributed by atoms with Crippen molar-refractivity contribution in [3.63, 3.8) is 0 Å². The fraction of sp³-hybridized carbons (Fsp3) is 0.650. The highest BCUT2D eigenvalue weighted by molar-refractivity contribution is 6.42. The average molecular weight is 403 g/mol. The summed E-state index contributed by atoms with van der Waals surface area (Å²) in [5.41, 5.74) is 0.860. The van der Waals surface area contributed by atoms with Crippen LogP contribution in [0.4, 0.5) is 0 Å². The van der Waals surface area contributed by atoms with Gasteiger partial charge in [-0.15, -0.1) is 0 Å². The van der Waals surface area contributed by atoms with Gasteiger partial charge in [0.1, 0.15) is 0 Å². The molecule has 1 rings (SSSR count). The lowest BCUT2D eigenvalue weighted by Crippen LogP contribution is -2.40. The lowest BCUT2D eigenvalue weighted by atomic mass is 9.92. The van der Waals surface area contributed by atoms with E-state index < -0.39 is 11.9 Å². The van der Waals surface area contributed by atoms with Crippen molar-refractivity contribution in [3.8, 4) is 0 Å². The summed E-state index contributed by atoms with van der Waals surface area (Å²) in [4.78, 5) is 11.9. The molecule has 0 aliphatic heterocycles. The molecule has 0 fully saturated rings. The molecule has 0 amide bonds. The van der Waals surface area contributed by atoms with E-state index in [-0.39, 0.29) is 6.04 Å². The Bertz CT molecular complexity index is 541. The first kappa shape index (κ1) is 23.2. The Balaban J connectivity index is 2.86. The number of halogens is 2. The van der Waals surface area contributed by atoms with Crippen LogP contribution in [-0.4, -0.2) is 30.7 Å². The van der Waals surface area contributed by atoms with Crippen molar-refractivity contribution in [1.29, 1.82) is 0 Å². The van der Waals surface area contributed by atoms with Gasteiger partial charge in [0.15, 0.2) is 0 Å². The number of carboxylic acids is 1. The Morgan fingerprint density at radius 2 is 1.69 bits per heavy atom. The number of rotatable bonds is 14. The molecule has 0 aromatic heterocycles. The summed E-state index contributed by atoms with van der Waals surface area (Å²) < 4.78 is 0. The van der Waals surface area contributed by atoms with Crippen LogP contribution in [0.25, 0.3) is 0 Å². The maximum Gasteiger partial charge on any atom is 0.309 e. The number of benzene rings is 1. The standard InChI is InChI=1S/C20H32Cl2N2O2/c1-3-5-7-11-23-14-16(20(25)26)19(24-12-8-6-4-2)15-9-10-17(21)18(22)13-15/h9-10,13,16,19,23-24H,3-8,11-12,14H2,1-2H3,(H,25,26). The number of carboxylic acid groups (broad SMARTS) is 1. The minimum absolute atomic E-state index is 0.308. The van der Waals surface area contributed by atoms with E-state index in [2.05, 4.69) is 24.5 Å². The van der Waals surface area contributed by atoms with Gasteiger partial charge in [0.25, 0.3) is 0 Å². The molecular formula is C20H32Cl2N2O2. The SMILES string of the molecule is CCCCCNCC(C(=O)O)C(NCCCCC)c1ccc(Cl)c(Cl)c1. The molecule has 0 heterocycles. The zero-order valence-electron chi connectivity index (χ0n) is 15.9. The van der Waals surface area contributed by atoms with Gasteiger partial charge in [0.05, 0.1) is 16.0 Å². The fourth-order valence-corrected chi connectivity index (χ4v) is 3.24. The Kier molecular flexibility index (Phi) is 11.9. The van der Waals surface area contributed by atoms with Gasteiger partial charge in [0.2, 0.25) is 0 Å². The van der Waals surface area contributed by atoms with E-state index in [1.165, 1.54) is 0 Å². The van der Waals surface area contributed by atoms with Crippen LogP contribution in [0.3, 0.4) is 0 Å². The molecule has 6 heteroatoms. The zero-order valence-corrected chi connectivity index (χ0v) is 17.4. The van der Waals surface area contributed by atoms with Crippen LogP contribution in [0, 0.1) is 5.92 Å². The first-order chi connectivity index (χ1) is 12.5. The smallest absolute Gasteiger partial charge is 0.309 e. The predicted octanol–water partition coefficient (Wildman–Crippen LogP) is 5.29. The Hall–Kier alpha value is -0.810. The van der Waals surface area contributed by atoms with Gasteiger partial charge in [-0.1, -0.05) is 68.8 Å². The predicted molar refractivity (Wildman–Crippen MR) is 110 cm³/mol. The number of nitrogens with one attached hydrogen (secondary N) is 2. The molecule has 1 aromatic carbocycles. The Labute approximate surface area is 167 Å². The highest BCUT2D eigenvalue weighted by atomic mass is 35.5. The van der Waals surface area contributed by atoms with Gasteiger partial charge in [0, 0.05) is 12.6 Å². The monoisotopic (exact) mass is 402 g/mol. The van der Waals surface area contributed by atoms with Crippen LogP contribution in [0.2, 0.25) is 10.0 Å². The van der Waals surface area contributed by atoms with Crippen LogP contribution in [0.5, 0.6) is 0 Å². The zero-order chi connectivity index (χ0) is 19.4. The molecular weight excluding hydrogens is 371 g/mol. The Morgan fingerprint density at radius 1 is 1.04 bits per heavy atom. The van der Waals surface area contributed by atoms with E-state index in [9.17, 15) is 9.90 Å². The van der Waals surface area contributed by atoms with Crippen LogP contribution in [0.15, 0.2) is 18.2 Å². The quantitative estimate of drug-likeness (QED) is 0.369. The van der Waals surface area contributed by atoms with Gasteiger partial charge >= 0.3 is 5.97 Å². The molecule has 1 aromatic rings. The molecule has 0 saturated heterocycles. The second-order valence-corrected chi connectivity index (χ2v) is 7.48. The van der Waals surface area contributed by atoms with Crippen LogP contribution in [0.1, 0.15) is 64.0 Å². The maximum absolute atomic E-state index is 11.9. The normalized spacial score (nSPS) is 13.5. The molecule has 3 N–H and O–H groups in total. The second-order valence-electron chi connectivity index (χ2n) is 6.67. The summed E-state index contributed by atoms with van der Waals surface area (Å²) in [5, 5.41) is 17.4. The minimum atomic E-state index is -0.813. The average Bonchev–Trinajstić information content (AvgIpc) is 2.61. The summed E-state index contributed by atoms with van der Waals surface area (Å²) in [5.74, 6) is -1.39. The molecule has 26 heavy (non-hydrogen) atoms. The van der Waals surface area contributed by atoms with Crippen molar-refractivity contribution in [2.24, 2.45) is 5.92 Å². The van der Waals surface area contributed by atoms with Gasteiger partial charge in [-0.05, 0) is 43.6 Å². The molecule has 0 saturated carbocycles. The van der Waals surface area contributed by atoms with E-state index in [0.717, 1.165) is 57.2 Å². The third-order valence-electron chi connectivity index (χ3n) is 4.49. The van der Waals surface area contributed by atoms with Crippen molar-refractivity contribution in [1.82, 2.24) is 10.6 Å². The number of carbonyl (C=O) groups is 1. The lowest BCUT2D eigenvalue weighted by Gasteiger charge is -2.26. The summed E-state index contributed by atoms with van der Waals surface area (Å²) in [6.07, 6.45) is 6.62. The molecule has 148 valence electrons. The molecule has 0 aliphatic rings. The van der Waals surface area contributed by atoms with Crippen molar-refractivity contribution in [2.75, 3.05) is 19.6 Å². The molecule has 2 atom stereocenters. The van der Waals surface area contributed by atoms with Crippen LogP contribution >= 0.6 is 23.2 Å². The fourth-order valence-electron chi connectivity index (χ4n) is 2.94. The number of aliphatic carboxylic acids is 1. The first-order valence-electron chi connectivity index (χ1n) is 9.63. The van der Waals surface area contributed by atoms with Crippen molar-refractivity contribution in [3.05, 3.63) is 33.8 Å². The van der Waals surface area contributed by atoms with E-state index in [1.807, 2.05) is 6.07 Å². The lowest BCUT2D eigenvalue weighted by molar-refractivity contribution is -0.142. The van der Waals surface area contributed by atoms with E-state index in [0.29, 0.717) is 16.6 Å². The second kappa shape index (κ2) is 13.4. The van der Waals surface area contributed by atoms with Gasteiger partial charge in [-0.3, -0.25) is 4.79 Å². The first-order valence-corrected chi connectivity index (χ1v) is 10.4. The topological polar surface area (TPSA) is 61.4 Å². The molecule has 0 spiro atoms. The molecule has 0 aliphatic carbocycles. The maximum atomic E-state index is 11.9. The van der Waals surface area contributed by atoms with Gasteiger partial charge < -0.3 is 15.7 Å². The molecule has 2 unspecified atom stereocenters. The number of unbranched alkanes of at least 4 members (excludes halogenated alkanes) is 4. The largest absolute Gasteiger partial charge is 0.481 e. The van der Waals surface area contributed by atoms with Gasteiger partial charge in [-0.25, -0.2) is 0 Å². The van der Waals surface area contributed by atoms with Crippen molar-refractivity contribution >= 4 is 29.2 Å². The van der Waals surface area contributed by atoms with E-state index in [1.54, 1.807) is 12.1 Å². The van der Waals surface area contributed by atoms with Crippen LogP contribution < -0.4 is 10.6 Å². The highest BCUT2D eigenvalue weighted by Gasteiger charge is 2.29. The highest BCUT2D eigenvalue weighted by Crippen LogP contribution is 2.29. The summed E-state index contributed by atoms with van der Waals surface area (Å²) >= 11 is 12.2. The van der Waals surface area contributed by atoms with Crippen LogP contribution in [-0.2, 0) is 4.79 Å². The third kappa shape index (κ3) is 8.26. The van der Waals surface area contributed by atoms with E-state index >= 15 is 0 Å². The summed E-state index contributed by atoms with van der Waals surface area (Å²) in [7, 11) is 0. The minimum Gasteiger partial charge on any atom is -0.481 e. The molecule has 0 bridgehead atoms.